The molecule has 0 unspecified atom stereocenters. The van der Waals surface area contributed by atoms with Crippen LogP contribution in [0.2, 0.25) is 0 Å². The van der Waals surface area contributed by atoms with Crippen LogP contribution in [0.15, 0.2) is 45.9 Å². The summed E-state index contributed by atoms with van der Waals surface area (Å²) in [5.74, 6) is 0. The van der Waals surface area contributed by atoms with Gasteiger partial charge in [-0.05, 0) is 37.3 Å². The molecule has 84 valence electrons. The van der Waals surface area contributed by atoms with E-state index in [-0.39, 0.29) is 4.90 Å². The molecule has 1 aromatic carbocycles. The molecule has 0 bridgehead atoms. The van der Waals surface area contributed by atoms with Crippen LogP contribution in [-0.4, -0.2) is 17.6 Å². The number of aromatic nitrogens is 2. The van der Waals surface area contributed by atoms with Gasteiger partial charge in [0.05, 0.1) is 10.6 Å². The Balaban J connectivity index is 2.51. The van der Waals surface area contributed by atoms with E-state index in [0.717, 1.165) is 8.56 Å². The van der Waals surface area contributed by atoms with Gasteiger partial charge >= 0.3 is 0 Å². The van der Waals surface area contributed by atoms with Crippen molar-refractivity contribution in [2.75, 3.05) is 0 Å². The molecule has 2 rings (SSSR count). The van der Waals surface area contributed by atoms with Gasteiger partial charge in [-0.25, -0.2) is 0 Å². The van der Waals surface area contributed by atoms with Crippen molar-refractivity contribution in [2.45, 2.75) is 11.8 Å². The Morgan fingerprint density at radius 1 is 1.19 bits per heavy atom. The van der Waals surface area contributed by atoms with Crippen LogP contribution >= 0.6 is 15.9 Å². The van der Waals surface area contributed by atoms with Crippen molar-refractivity contribution in [3.8, 4) is 0 Å². The summed E-state index contributed by atoms with van der Waals surface area (Å²) >= 11 is 3.26. The maximum atomic E-state index is 12.0. The highest BCUT2D eigenvalue weighted by Crippen LogP contribution is 2.16. The van der Waals surface area contributed by atoms with E-state index in [1.54, 1.807) is 25.1 Å². The summed E-state index contributed by atoms with van der Waals surface area (Å²) in [6.07, 6.45) is 1.44. The molecule has 0 saturated heterocycles. The number of halogens is 1. The zero-order valence-corrected chi connectivity index (χ0v) is 10.9. The van der Waals surface area contributed by atoms with Gasteiger partial charge in [-0.3, -0.25) is 0 Å². The third kappa shape index (κ3) is 2.03. The minimum atomic E-state index is -3.55. The van der Waals surface area contributed by atoms with Gasteiger partial charge in [0.2, 0.25) is 0 Å². The fourth-order valence-corrected chi connectivity index (χ4v) is 2.66. The molecule has 0 fully saturated rings. The lowest BCUT2D eigenvalue weighted by atomic mass is 10.4. The molecule has 0 saturated carbocycles. The van der Waals surface area contributed by atoms with E-state index < -0.39 is 10.0 Å². The molecule has 2 aromatic rings. The molecule has 0 spiro atoms. The molecule has 0 atom stereocenters. The molecule has 1 heterocycles. The molecule has 1 aromatic heterocycles. The van der Waals surface area contributed by atoms with E-state index in [4.69, 9.17) is 0 Å². The highest BCUT2D eigenvalue weighted by Gasteiger charge is 2.16. The minimum Gasteiger partial charge on any atom is -0.199 e. The average molecular weight is 301 g/mol. The maximum Gasteiger partial charge on any atom is 0.282 e. The van der Waals surface area contributed by atoms with Gasteiger partial charge in [0.1, 0.15) is 0 Å². The maximum absolute atomic E-state index is 12.0. The Labute approximate surface area is 102 Å². The quantitative estimate of drug-likeness (QED) is 0.854. The van der Waals surface area contributed by atoms with Crippen LogP contribution < -0.4 is 0 Å². The normalized spacial score (nSPS) is 11.6. The van der Waals surface area contributed by atoms with Gasteiger partial charge in [0, 0.05) is 10.7 Å². The molecule has 4 nitrogen and oxygen atoms in total. The van der Waals surface area contributed by atoms with Crippen LogP contribution in [0.4, 0.5) is 0 Å². The van der Waals surface area contributed by atoms with Gasteiger partial charge in [-0.15, -0.1) is 0 Å². The third-order valence-corrected chi connectivity index (χ3v) is 4.15. The highest BCUT2D eigenvalue weighted by atomic mass is 79.9. The second-order valence-corrected chi connectivity index (χ2v) is 6.00. The lowest BCUT2D eigenvalue weighted by Crippen LogP contribution is -2.13. The predicted octanol–water partition coefficient (Wildman–Crippen LogP) is 2.19. The average Bonchev–Trinajstić information content (AvgIpc) is 2.66. The van der Waals surface area contributed by atoms with Crippen LogP contribution in [0, 0.1) is 6.92 Å². The molecule has 0 amide bonds. The largest absolute Gasteiger partial charge is 0.282 e. The van der Waals surface area contributed by atoms with E-state index in [1.807, 2.05) is 0 Å². The van der Waals surface area contributed by atoms with Crippen molar-refractivity contribution in [1.29, 1.82) is 0 Å². The first kappa shape index (κ1) is 11.3. The SMILES string of the molecule is Cc1ccn(S(=O)(=O)c2ccc(Br)cc2)n1. The van der Waals surface area contributed by atoms with Crippen molar-refractivity contribution in [3.05, 3.63) is 46.7 Å². The molecule has 0 aliphatic rings. The molecule has 16 heavy (non-hydrogen) atoms. The Hall–Kier alpha value is -1.14. The van der Waals surface area contributed by atoms with E-state index in [0.29, 0.717) is 5.69 Å². The zero-order chi connectivity index (χ0) is 11.8. The van der Waals surface area contributed by atoms with Crippen molar-refractivity contribution >= 4 is 26.0 Å². The fraction of sp³-hybridized carbons (Fsp3) is 0.100. The lowest BCUT2D eigenvalue weighted by Gasteiger charge is -2.03. The standard InChI is InChI=1S/C10H9BrN2O2S/c1-8-6-7-13(12-8)16(14,15)10-4-2-9(11)3-5-10/h2-7H,1H3. The molecule has 6 heteroatoms. The molecular weight excluding hydrogens is 292 g/mol. The van der Waals surface area contributed by atoms with Gasteiger partial charge in [0.25, 0.3) is 10.0 Å². The number of hydrogen-bond donors (Lipinski definition) is 0. The number of aryl methyl sites for hydroxylation is 1. The molecule has 0 aliphatic carbocycles. The molecule has 0 aliphatic heterocycles. The van der Waals surface area contributed by atoms with Crippen molar-refractivity contribution in [2.24, 2.45) is 0 Å². The number of rotatable bonds is 2. The van der Waals surface area contributed by atoms with Crippen molar-refractivity contribution in [1.82, 2.24) is 9.19 Å². The summed E-state index contributed by atoms with van der Waals surface area (Å²) in [5.41, 5.74) is 0.667. The summed E-state index contributed by atoms with van der Waals surface area (Å²) in [6, 6.07) is 8.09. The van der Waals surface area contributed by atoms with E-state index in [2.05, 4.69) is 21.0 Å². The van der Waals surface area contributed by atoms with Crippen LogP contribution in [-0.2, 0) is 10.0 Å². The molecule has 0 radical (unpaired) electrons. The number of hydrogen-bond acceptors (Lipinski definition) is 3. The smallest absolute Gasteiger partial charge is 0.199 e. The second-order valence-electron chi connectivity index (χ2n) is 3.29. The fourth-order valence-electron chi connectivity index (χ4n) is 1.24. The van der Waals surface area contributed by atoms with Gasteiger partial charge in [-0.2, -0.15) is 17.6 Å². The predicted molar refractivity (Wildman–Crippen MR) is 63.7 cm³/mol. The zero-order valence-electron chi connectivity index (χ0n) is 8.46. The Bertz CT molecular complexity index is 602. The topological polar surface area (TPSA) is 52.0 Å². The van der Waals surface area contributed by atoms with Crippen LogP contribution in [0.1, 0.15) is 5.69 Å². The summed E-state index contributed by atoms with van der Waals surface area (Å²) < 4.78 is 25.9. The van der Waals surface area contributed by atoms with Crippen molar-refractivity contribution < 1.29 is 8.42 Å². The Kier molecular flexibility index (Phi) is 2.86. The van der Waals surface area contributed by atoms with Crippen LogP contribution in [0.25, 0.3) is 0 Å². The van der Waals surface area contributed by atoms with E-state index in [1.165, 1.54) is 18.3 Å². The first-order chi connectivity index (χ1) is 7.50. The first-order valence-corrected chi connectivity index (χ1v) is 6.77. The molecular formula is C10H9BrN2O2S. The second kappa shape index (κ2) is 4.03. The Morgan fingerprint density at radius 3 is 2.31 bits per heavy atom. The van der Waals surface area contributed by atoms with Gasteiger partial charge in [-0.1, -0.05) is 15.9 Å². The lowest BCUT2D eigenvalue weighted by molar-refractivity contribution is 0.579. The number of nitrogens with zero attached hydrogens (tertiary/aromatic N) is 2. The van der Waals surface area contributed by atoms with Crippen LogP contribution in [0.5, 0.6) is 0 Å². The third-order valence-electron chi connectivity index (χ3n) is 2.06. The summed E-state index contributed by atoms with van der Waals surface area (Å²) in [5, 5.41) is 3.90. The Morgan fingerprint density at radius 2 is 1.81 bits per heavy atom. The minimum absolute atomic E-state index is 0.221. The number of benzene rings is 1. The van der Waals surface area contributed by atoms with E-state index in [9.17, 15) is 8.42 Å². The highest BCUT2D eigenvalue weighted by molar-refractivity contribution is 9.10. The van der Waals surface area contributed by atoms with Gasteiger partial charge in [0.15, 0.2) is 0 Å². The van der Waals surface area contributed by atoms with E-state index >= 15 is 0 Å². The molecule has 0 N–H and O–H groups in total. The van der Waals surface area contributed by atoms with Gasteiger partial charge < -0.3 is 0 Å². The van der Waals surface area contributed by atoms with Crippen molar-refractivity contribution in [3.63, 3.8) is 0 Å². The summed E-state index contributed by atoms with van der Waals surface area (Å²) in [7, 11) is -3.55. The first-order valence-electron chi connectivity index (χ1n) is 4.53. The summed E-state index contributed by atoms with van der Waals surface area (Å²) in [6.45, 7) is 1.74. The monoisotopic (exact) mass is 300 g/mol. The van der Waals surface area contributed by atoms with Crippen LogP contribution in [0.3, 0.4) is 0 Å². The summed E-state index contributed by atoms with van der Waals surface area (Å²) in [4.78, 5) is 0.221.